The van der Waals surface area contributed by atoms with Gasteiger partial charge in [-0.25, -0.2) is 17.8 Å². The molecule has 0 aliphatic carbocycles. The number of halogens is 3. The minimum absolute atomic E-state index is 0.0780. The highest BCUT2D eigenvalue weighted by Crippen LogP contribution is 2.31. The summed E-state index contributed by atoms with van der Waals surface area (Å²) in [7, 11) is -3.60. The van der Waals surface area contributed by atoms with Crippen molar-refractivity contribution in [3.8, 4) is 11.1 Å². The van der Waals surface area contributed by atoms with Gasteiger partial charge in [0, 0.05) is 33.9 Å². The van der Waals surface area contributed by atoms with Crippen molar-refractivity contribution in [3.05, 3.63) is 80.4 Å². The first kappa shape index (κ1) is 23.7. The highest BCUT2D eigenvalue weighted by Gasteiger charge is 2.24. The first-order chi connectivity index (χ1) is 15.7. The van der Waals surface area contributed by atoms with Crippen LogP contribution in [0.3, 0.4) is 0 Å². The molecule has 0 radical (unpaired) electrons. The van der Waals surface area contributed by atoms with Crippen molar-refractivity contribution in [1.82, 2.24) is 9.97 Å². The zero-order valence-corrected chi connectivity index (χ0v) is 21.1. The van der Waals surface area contributed by atoms with Crippen LogP contribution in [0.5, 0.6) is 0 Å². The number of carbonyl (C=O) groups is 1. The number of aromatic nitrogens is 2. The van der Waals surface area contributed by atoms with E-state index in [9.17, 15) is 17.6 Å². The van der Waals surface area contributed by atoms with E-state index in [0.29, 0.717) is 22.5 Å². The zero-order chi connectivity index (χ0) is 23.8. The van der Waals surface area contributed by atoms with Crippen LogP contribution >= 0.6 is 34.2 Å². The summed E-state index contributed by atoms with van der Waals surface area (Å²) in [6.07, 6.45) is 3.58. The minimum atomic E-state index is -3.60. The highest BCUT2D eigenvalue weighted by molar-refractivity contribution is 14.1. The van der Waals surface area contributed by atoms with Crippen LogP contribution in [0.15, 0.2) is 54.9 Å². The van der Waals surface area contributed by atoms with Crippen LogP contribution < -0.4 is 4.72 Å². The maximum atomic E-state index is 14.8. The molecule has 0 saturated carbocycles. The van der Waals surface area contributed by atoms with Gasteiger partial charge in [-0.05, 0) is 64.9 Å². The summed E-state index contributed by atoms with van der Waals surface area (Å²) in [4.78, 5) is 20.7. The molecule has 6 nitrogen and oxygen atoms in total. The molecule has 0 bridgehead atoms. The maximum Gasteiger partial charge on any atom is 0.232 e. The molecule has 170 valence electrons. The number of nitrogens with zero attached hydrogens (tertiary/aromatic N) is 1. The van der Waals surface area contributed by atoms with Crippen LogP contribution in [0.2, 0.25) is 5.02 Å². The van der Waals surface area contributed by atoms with E-state index in [0.717, 1.165) is 17.2 Å². The Labute approximate surface area is 208 Å². The smallest absolute Gasteiger partial charge is 0.232 e. The first-order valence-electron chi connectivity index (χ1n) is 9.96. The minimum Gasteiger partial charge on any atom is -0.345 e. The standard InChI is InChI=1S/C23H18ClFIN3O3S/c1-2-9-33(31,32)29-19-8-7-18(25)20(21(19)26)22(30)17-12-28-23-16(17)10-14(11-27-23)13-3-5-15(24)6-4-13/h3-8,10-12,29H,2,9H2,1H3,(H,27,28). The van der Waals surface area contributed by atoms with Gasteiger partial charge in [-0.15, -0.1) is 0 Å². The molecule has 0 spiro atoms. The molecule has 4 aromatic rings. The van der Waals surface area contributed by atoms with Crippen LogP contribution in [-0.2, 0) is 10.0 Å². The summed E-state index contributed by atoms with van der Waals surface area (Å²) in [5, 5.41) is 1.13. The molecular weight excluding hydrogens is 580 g/mol. The fraction of sp³-hybridized carbons (Fsp3) is 0.130. The fourth-order valence-electron chi connectivity index (χ4n) is 3.45. The van der Waals surface area contributed by atoms with Crippen LogP contribution in [0.1, 0.15) is 29.3 Å². The van der Waals surface area contributed by atoms with Crippen molar-refractivity contribution in [3.63, 3.8) is 0 Å². The largest absolute Gasteiger partial charge is 0.345 e. The Hall–Kier alpha value is -2.50. The summed E-state index contributed by atoms with van der Waals surface area (Å²) in [5.41, 5.74) is 2.30. The number of benzene rings is 2. The predicted molar refractivity (Wildman–Crippen MR) is 137 cm³/mol. The second-order valence-corrected chi connectivity index (χ2v) is 10.7. The normalized spacial score (nSPS) is 11.6. The van der Waals surface area contributed by atoms with Crippen molar-refractivity contribution >= 4 is 66.7 Å². The molecule has 33 heavy (non-hydrogen) atoms. The fourth-order valence-corrected chi connectivity index (χ4v) is 5.72. The van der Waals surface area contributed by atoms with Crippen molar-refractivity contribution in [1.29, 1.82) is 0 Å². The SMILES string of the molecule is CCCS(=O)(=O)Nc1ccc(F)c(C(=O)c2c[nH]c3ncc(-c4ccc(Cl)cc4)cc23)c1I. The third kappa shape index (κ3) is 4.90. The molecule has 2 aromatic heterocycles. The van der Waals surface area contributed by atoms with Crippen LogP contribution in [0.25, 0.3) is 22.2 Å². The van der Waals surface area contributed by atoms with Gasteiger partial charge in [0.25, 0.3) is 0 Å². The molecule has 0 aliphatic rings. The number of hydrogen-bond donors (Lipinski definition) is 2. The number of fused-ring (bicyclic) bond motifs is 1. The van der Waals surface area contributed by atoms with Crippen molar-refractivity contribution < 1.29 is 17.6 Å². The van der Waals surface area contributed by atoms with Gasteiger partial charge >= 0.3 is 0 Å². The predicted octanol–water partition coefficient (Wildman–Crippen LogP) is 6.01. The van der Waals surface area contributed by atoms with Crippen LogP contribution in [0, 0.1) is 9.39 Å². The van der Waals surface area contributed by atoms with E-state index in [-0.39, 0.29) is 26.1 Å². The van der Waals surface area contributed by atoms with Gasteiger partial charge in [0.1, 0.15) is 11.5 Å². The lowest BCUT2D eigenvalue weighted by Gasteiger charge is -2.13. The second-order valence-electron chi connectivity index (χ2n) is 7.36. The molecule has 0 amide bonds. The van der Waals surface area contributed by atoms with Crippen molar-refractivity contribution in [2.45, 2.75) is 13.3 Å². The number of sulfonamides is 1. The summed E-state index contributed by atoms with van der Waals surface area (Å²) in [6.45, 7) is 1.74. The molecule has 0 atom stereocenters. The van der Waals surface area contributed by atoms with Gasteiger partial charge in [-0.2, -0.15) is 0 Å². The van der Waals surface area contributed by atoms with E-state index in [2.05, 4.69) is 14.7 Å². The molecular formula is C23H18ClFIN3O3S. The number of H-pyrrole nitrogens is 1. The lowest BCUT2D eigenvalue weighted by atomic mass is 10.0. The summed E-state index contributed by atoms with van der Waals surface area (Å²) >= 11 is 7.76. The average Bonchev–Trinajstić information content (AvgIpc) is 3.19. The number of aromatic amines is 1. The number of ketones is 1. The zero-order valence-electron chi connectivity index (χ0n) is 17.3. The van der Waals surface area contributed by atoms with Crippen LogP contribution in [0.4, 0.5) is 10.1 Å². The van der Waals surface area contributed by atoms with Gasteiger partial charge in [0.05, 0.1) is 20.6 Å². The van der Waals surface area contributed by atoms with Gasteiger partial charge < -0.3 is 4.98 Å². The molecule has 0 unspecified atom stereocenters. The topological polar surface area (TPSA) is 91.9 Å². The molecule has 2 N–H and O–H groups in total. The molecule has 0 aliphatic heterocycles. The Kier molecular flexibility index (Phi) is 6.73. The third-order valence-electron chi connectivity index (χ3n) is 5.01. The van der Waals surface area contributed by atoms with Gasteiger partial charge in [0.2, 0.25) is 10.0 Å². The quantitative estimate of drug-likeness (QED) is 0.202. The van der Waals surface area contributed by atoms with E-state index in [1.807, 2.05) is 12.1 Å². The van der Waals surface area contributed by atoms with E-state index in [4.69, 9.17) is 11.6 Å². The van der Waals surface area contributed by atoms with E-state index in [1.165, 1.54) is 12.3 Å². The van der Waals surface area contributed by atoms with Gasteiger partial charge in [-0.1, -0.05) is 30.7 Å². The average molecular weight is 598 g/mol. The Bertz CT molecular complexity index is 1470. The number of nitrogens with one attached hydrogen (secondary N) is 2. The highest BCUT2D eigenvalue weighted by atomic mass is 127. The molecule has 0 saturated heterocycles. The molecule has 2 aromatic carbocycles. The molecule has 4 rings (SSSR count). The molecule has 2 heterocycles. The van der Waals surface area contributed by atoms with Gasteiger partial charge in [0.15, 0.2) is 5.78 Å². The van der Waals surface area contributed by atoms with E-state index >= 15 is 0 Å². The first-order valence-corrected chi connectivity index (χ1v) is 13.1. The number of pyridine rings is 1. The Morgan fingerprint density at radius 1 is 1.18 bits per heavy atom. The lowest BCUT2D eigenvalue weighted by molar-refractivity contribution is 0.103. The molecule has 10 heteroatoms. The number of carbonyl (C=O) groups excluding carboxylic acids is 1. The summed E-state index contributed by atoms with van der Waals surface area (Å²) in [6, 6.07) is 11.4. The van der Waals surface area contributed by atoms with Crippen molar-refractivity contribution in [2.75, 3.05) is 10.5 Å². The van der Waals surface area contributed by atoms with E-state index < -0.39 is 21.6 Å². The summed E-state index contributed by atoms with van der Waals surface area (Å²) in [5.74, 6) is -1.39. The Balaban J connectivity index is 1.78. The lowest BCUT2D eigenvalue weighted by Crippen LogP contribution is -2.18. The second kappa shape index (κ2) is 9.40. The third-order valence-corrected chi connectivity index (χ3v) is 7.86. The van der Waals surface area contributed by atoms with Crippen molar-refractivity contribution in [2.24, 2.45) is 0 Å². The van der Waals surface area contributed by atoms with E-state index in [1.54, 1.807) is 53.9 Å². The summed E-state index contributed by atoms with van der Waals surface area (Å²) < 4.78 is 41.8. The number of hydrogen-bond acceptors (Lipinski definition) is 4. The Morgan fingerprint density at radius 2 is 1.91 bits per heavy atom. The monoisotopic (exact) mass is 597 g/mol. The van der Waals surface area contributed by atoms with Crippen LogP contribution in [-0.4, -0.2) is 29.9 Å². The number of rotatable bonds is 7. The maximum absolute atomic E-state index is 14.8. The number of anilines is 1. The molecule has 0 fully saturated rings. The Morgan fingerprint density at radius 3 is 2.61 bits per heavy atom. The van der Waals surface area contributed by atoms with Gasteiger partial charge in [-0.3, -0.25) is 9.52 Å².